The van der Waals surface area contributed by atoms with Crippen LogP contribution in [0.3, 0.4) is 0 Å². The smallest absolute Gasteiger partial charge is 0.126 e. The largest absolute Gasteiger partial charge is 0.508 e. The summed E-state index contributed by atoms with van der Waals surface area (Å²) in [7, 11) is 1.54. The van der Waals surface area contributed by atoms with E-state index < -0.39 is 0 Å². The van der Waals surface area contributed by atoms with Crippen molar-refractivity contribution in [3.8, 4) is 17.2 Å². The Morgan fingerprint density at radius 3 is 2.50 bits per heavy atom. The Bertz CT molecular complexity index is 632. The molecule has 0 aliphatic heterocycles. The molecule has 0 bridgehead atoms. The first kappa shape index (κ1) is 14.0. The van der Waals surface area contributed by atoms with Crippen LogP contribution in [0.25, 0.3) is 12.2 Å². The summed E-state index contributed by atoms with van der Waals surface area (Å²) in [5.41, 5.74) is 2.01. The van der Waals surface area contributed by atoms with Crippen LogP contribution in [-0.4, -0.2) is 22.4 Å². The van der Waals surface area contributed by atoms with E-state index in [1.165, 1.54) is 19.2 Å². The molecule has 4 nitrogen and oxygen atoms in total. The second-order valence-corrected chi connectivity index (χ2v) is 4.35. The molecule has 0 aliphatic carbocycles. The molecule has 0 aromatic heterocycles. The molecule has 0 fully saturated rings. The fourth-order valence-electron chi connectivity index (χ4n) is 1.86. The van der Waals surface area contributed by atoms with Crippen LogP contribution in [0.1, 0.15) is 16.7 Å². The number of aliphatic hydroxyl groups excluding tert-OH is 1. The maximum atomic E-state index is 9.84. The van der Waals surface area contributed by atoms with Crippen molar-refractivity contribution in [2.45, 2.75) is 6.61 Å². The number of rotatable bonds is 4. The number of methoxy groups -OCH3 is 1. The van der Waals surface area contributed by atoms with Crippen molar-refractivity contribution in [2.24, 2.45) is 0 Å². The number of phenolic OH excluding ortho intramolecular Hbond substituents is 2. The van der Waals surface area contributed by atoms with Gasteiger partial charge < -0.3 is 20.1 Å². The molecule has 0 heterocycles. The van der Waals surface area contributed by atoms with Gasteiger partial charge in [0.1, 0.15) is 17.2 Å². The van der Waals surface area contributed by atoms with E-state index in [1.807, 2.05) is 0 Å². The maximum absolute atomic E-state index is 9.84. The molecule has 20 heavy (non-hydrogen) atoms. The van der Waals surface area contributed by atoms with E-state index in [0.717, 1.165) is 5.56 Å². The van der Waals surface area contributed by atoms with E-state index in [-0.39, 0.29) is 18.1 Å². The minimum atomic E-state index is -0.136. The molecule has 0 saturated carbocycles. The van der Waals surface area contributed by atoms with E-state index in [0.29, 0.717) is 16.9 Å². The summed E-state index contributed by atoms with van der Waals surface area (Å²) < 4.78 is 5.01. The Kier molecular flexibility index (Phi) is 4.27. The molecule has 0 spiro atoms. The van der Waals surface area contributed by atoms with Crippen molar-refractivity contribution >= 4 is 12.2 Å². The minimum absolute atomic E-state index is 0.0927. The lowest BCUT2D eigenvalue weighted by molar-refractivity contribution is 0.281. The van der Waals surface area contributed by atoms with Crippen molar-refractivity contribution in [3.05, 3.63) is 53.1 Å². The number of aromatic hydroxyl groups is 2. The van der Waals surface area contributed by atoms with Gasteiger partial charge in [0, 0.05) is 11.6 Å². The van der Waals surface area contributed by atoms with Crippen LogP contribution < -0.4 is 4.74 Å². The fourth-order valence-corrected chi connectivity index (χ4v) is 1.86. The van der Waals surface area contributed by atoms with Gasteiger partial charge in [0.15, 0.2) is 0 Å². The first-order chi connectivity index (χ1) is 9.62. The summed E-state index contributed by atoms with van der Waals surface area (Å²) >= 11 is 0. The zero-order chi connectivity index (χ0) is 14.5. The van der Waals surface area contributed by atoms with Crippen molar-refractivity contribution in [1.82, 2.24) is 0 Å². The zero-order valence-electron chi connectivity index (χ0n) is 11.1. The average Bonchev–Trinajstić information content (AvgIpc) is 2.45. The van der Waals surface area contributed by atoms with Crippen LogP contribution in [0.15, 0.2) is 36.4 Å². The lowest BCUT2D eigenvalue weighted by Gasteiger charge is -2.04. The molecule has 4 heteroatoms. The third kappa shape index (κ3) is 3.30. The van der Waals surface area contributed by atoms with Crippen LogP contribution >= 0.6 is 0 Å². The van der Waals surface area contributed by atoms with Crippen LogP contribution in [0.5, 0.6) is 17.2 Å². The molecular weight excluding hydrogens is 256 g/mol. The molecule has 0 radical (unpaired) electrons. The molecule has 0 saturated heterocycles. The topological polar surface area (TPSA) is 69.9 Å². The van der Waals surface area contributed by atoms with E-state index in [2.05, 4.69) is 0 Å². The van der Waals surface area contributed by atoms with Crippen molar-refractivity contribution in [3.63, 3.8) is 0 Å². The predicted octanol–water partition coefficient (Wildman–Crippen LogP) is 2.77. The molecule has 0 atom stereocenters. The highest BCUT2D eigenvalue weighted by Crippen LogP contribution is 2.25. The highest BCUT2D eigenvalue weighted by molar-refractivity contribution is 5.73. The molecule has 2 aromatic rings. The van der Waals surface area contributed by atoms with E-state index in [4.69, 9.17) is 9.84 Å². The SMILES string of the molecule is COc1ccc(/C=C/c2cc(O)cc(CO)c2)c(O)c1. The van der Waals surface area contributed by atoms with Gasteiger partial charge in [0.25, 0.3) is 0 Å². The first-order valence-electron chi connectivity index (χ1n) is 6.11. The van der Waals surface area contributed by atoms with Gasteiger partial charge in [0.2, 0.25) is 0 Å². The van der Waals surface area contributed by atoms with Gasteiger partial charge in [-0.15, -0.1) is 0 Å². The lowest BCUT2D eigenvalue weighted by Crippen LogP contribution is -1.85. The summed E-state index contributed by atoms with van der Waals surface area (Å²) in [6.07, 6.45) is 3.48. The summed E-state index contributed by atoms with van der Waals surface area (Å²) in [5.74, 6) is 0.790. The molecular formula is C16H16O4. The van der Waals surface area contributed by atoms with Crippen LogP contribution in [0, 0.1) is 0 Å². The van der Waals surface area contributed by atoms with Gasteiger partial charge in [-0.1, -0.05) is 12.2 Å². The Morgan fingerprint density at radius 1 is 1.05 bits per heavy atom. The molecule has 0 amide bonds. The van der Waals surface area contributed by atoms with Gasteiger partial charge in [-0.2, -0.15) is 0 Å². The monoisotopic (exact) mass is 272 g/mol. The molecule has 3 N–H and O–H groups in total. The molecule has 104 valence electrons. The predicted molar refractivity (Wildman–Crippen MR) is 77.6 cm³/mol. The van der Waals surface area contributed by atoms with Crippen molar-refractivity contribution in [1.29, 1.82) is 0 Å². The van der Waals surface area contributed by atoms with Gasteiger partial charge in [-0.25, -0.2) is 0 Å². The summed E-state index contributed by atoms with van der Waals surface area (Å²) in [4.78, 5) is 0. The van der Waals surface area contributed by atoms with Gasteiger partial charge in [-0.05, 0) is 41.5 Å². The van der Waals surface area contributed by atoms with Crippen LogP contribution in [0.2, 0.25) is 0 Å². The summed E-state index contributed by atoms with van der Waals surface area (Å²) in [5, 5.41) is 28.5. The Morgan fingerprint density at radius 2 is 1.85 bits per heavy atom. The summed E-state index contributed by atoms with van der Waals surface area (Å²) in [6.45, 7) is -0.136. The Labute approximate surface area is 117 Å². The van der Waals surface area contributed by atoms with Crippen LogP contribution in [0.4, 0.5) is 0 Å². The zero-order valence-corrected chi connectivity index (χ0v) is 11.1. The minimum Gasteiger partial charge on any atom is -0.508 e. The molecule has 0 unspecified atom stereocenters. The summed E-state index contributed by atoms with van der Waals surface area (Å²) in [6, 6.07) is 9.86. The highest BCUT2D eigenvalue weighted by Gasteiger charge is 2.01. The van der Waals surface area contributed by atoms with Crippen molar-refractivity contribution < 1.29 is 20.1 Å². The molecule has 2 rings (SSSR count). The number of benzene rings is 2. The van der Waals surface area contributed by atoms with E-state index >= 15 is 0 Å². The van der Waals surface area contributed by atoms with Gasteiger partial charge in [-0.3, -0.25) is 0 Å². The number of aliphatic hydroxyl groups is 1. The van der Waals surface area contributed by atoms with E-state index in [9.17, 15) is 10.2 Å². The molecule has 0 aliphatic rings. The number of phenols is 2. The van der Waals surface area contributed by atoms with Crippen LogP contribution in [-0.2, 0) is 6.61 Å². The van der Waals surface area contributed by atoms with E-state index in [1.54, 1.807) is 36.4 Å². The van der Waals surface area contributed by atoms with Gasteiger partial charge >= 0.3 is 0 Å². The number of ether oxygens (including phenoxy) is 1. The average molecular weight is 272 g/mol. The third-order valence-electron chi connectivity index (χ3n) is 2.88. The Hall–Kier alpha value is -2.46. The number of hydrogen-bond donors (Lipinski definition) is 3. The first-order valence-corrected chi connectivity index (χ1v) is 6.11. The standard InChI is InChI=1S/C16H16O4/c1-20-15-5-4-13(16(19)9-15)3-2-11-6-12(10-17)8-14(18)7-11/h2-9,17-19H,10H2,1H3/b3-2+. The number of hydrogen-bond acceptors (Lipinski definition) is 4. The fraction of sp³-hybridized carbons (Fsp3) is 0.125. The highest BCUT2D eigenvalue weighted by atomic mass is 16.5. The maximum Gasteiger partial charge on any atom is 0.126 e. The third-order valence-corrected chi connectivity index (χ3v) is 2.88. The normalized spacial score (nSPS) is 10.9. The lowest BCUT2D eigenvalue weighted by atomic mass is 10.1. The second-order valence-electron chi connectivity index (χ2n) is 4.35. The molecule has 2 aromatic carbocycles. The Balaban J connectivity index is 2.27. The van der Waals surface area contributed by atoms with Gasteiger partial charge in [0.05, 0.1) is 13.7 Å². The quantitative estimate of drug-likeness (QED) is 0.748. The second kappa shape index (κ2) is 6.12. The van der Waals surface area contributed by atoms with Crippen molar-refractivity contribution in [2.75, 3.05) is 7.11 Å².